The standard InChI is InChI=1S/C5ClF9/c6-1(7)2(8,9)4(12,13)5(14,15)3(1,10)11. The van der Waals surface area contributed by atoms with Crippen LogP contribution in [0.5, 0.6) is 0 Å². The van der Waals surface area contributed by atoms with Crippen LogP contribution in [0.25, 0.3) is 0 Å². The fraction of sp³-hybridized carbons (Fsp3) is 1.00. The normalized spacial score (nSPS) is 34.0. The van der Waals surface area contributed by atoms with Crippen molar-refractivity contribution in [2.24, 2.45) is 0 Å². The highest BCUT2D eigenvalue weighted by Crippen LogP contribution is 2.70. The molecule has 0 atom stereocenters. The lowest BCUT2D eigenvalue weighted by atomic mass is 10.2. The van der Waals surface area contributed by atoms with Gasteiger partial charge in [-0.2, -0.15) is 35.1 Å². The molecule has 0 spiro atoms. The highest BCUT2D eigenvalue weighted by molar-refractivity contribution is 6.24. The summed E-state index contributed by atoms with van der Waals surface area (Å²) < 4.78 is 110. The molecule has 90 valence electrons. The lowest BCUT2D eigenvalue weighted by molar-refractivity contribution is -0.303. The zero-order valence-electron chi connectivity index (χ0n) is 6.28. The fourth-order valence-electron chi connectivity index (χ4n) is 0.986. The summed E-state index contributed by atoms with van der Waals surface area (Å²) in [6, 6.07) is 0. The van der Waals surface area contributed by atoms with Gasteiger partial charge >= 0.3 is 28.8 Å². The first kappa shape index (κ1) is 12.7. The van der Waals surface area contributed by atoms with E-state index in [-0.39, 0.29) is 0 Å². The first-order chi connectivity index (χ1) is 6.25. The predicted molar refractivity (Wildman–Crippen MR) is 29.5 cm³/mol. The SMILES string of the molecule is FC1(F)C(F)(F)C(F)(F)C(F)(Cl)C1(F)F. The Morgan fingerprint density at radius 3 is 0.733 bits per heavy atom. The van der Waals surface area contributed by atoms with E-state index in [0.717, 1.165) is 0 Å². The van der Waals surface area contributed by atoms with E-state index < -0.39 is 28.8 Å². The fourth-order valence-corrected chi connectivity index (χ4v) is 1.22. The number of halogens is 10. The van der Waals surface area contributed by atoms with Crippen LogP contribution in [0.3, 0.4) is 0 Å². The molecule has 10 heteroatoms. The smallest absolute Gasteiger partial charge is 0.212 e. The summed E-state index contributed by atoms with van der Waals surface area (Å²) in [6.07, 6.45) is 0. The van der Waals surface area contributed by atoms with Gasteiger partial charge in [0.05, 0.1) is 0 Å². The third-order valence-corrected chi connectivity index (χ3v) is 2.45. The molecule has 1 saturated carbocycles. The van der Waals surface area contributed by atoms with Crippen molar-refractivity contribution in [3.8, 4) is 0 Å². The molecule has 0 aromatic heterocycles. The van der Waals surface area contributed by atoms with Crippen LogP contribution in [0.4, 0.5) is 39.5 Å². The maximum atomic E-state index is 12.5. The minimum absolute atomic E-state index is 3.79. The Bertz CT molecular complexity index is 203. The average Bonchev–Trinajstić information content (AvgIpc) is 2.04. The van der Waals surface area contributed by atoms with Crippen molar-refractivity contribution < 1.29 is 39.5 Å². The van der Waals surface area contributed by atoms with E-state index in [9.17, 15) is 39.5 Å². The highest BCUT2D eigenvalue weighted by atomic mass is 35.5. The Kier molecular flexibility index (Phi) is 2.11. The summed E-state index contributed by atoms with van der Waals surface area (Å²) in [7, 11) is 0. The molecule has 0 aliphatic heterocycles. The molecule has 0 saturated heterocycles. The topological polar surface area (TPSA) is 0 Å². The van der Waals surface area contributed by atoms with Gasteiger partial charge in [0.2, 0.25) is 0 Å². The van der Waals surface area contributed by atoms with E-state index >= 15 is 0 Å². The first-order valence-electron chi connectivity index (χ1n) is 3.14. The highest BCUT2D eigenvalue weighted by Gasteiger charge is 3.00. The molecule has 0 nitrogen and oxygen atoms in total. The molecule has 1 aliphatic carbocycles. The van der Waals surface area contributed by atoms with Crippen molar-refractivity contribution in [1.29, 1.82) is 0 Å². The Morgan fingerprint density at radius 2 is 0.667 bits per heavy atom. The van der Waals surface area contributed by atoms with Gasteiger partial charge in [0, 0.05) is 0 Å². The van der Waals surface area contributed by atoms with Crippen LogP contribution < -0.4 is 0 Å². The van der Waals surface area contributed by atoms with Gasteiger partial charge in [-0.1, -0.05) is 11.6 Å². The molecule has 1 rings (SSSR count). The Labute approximate surface area is 81.0 Å². The summed E-state index contributed by atoms with van der Waals surface area (Å²) in [5.41, 5.74) is 0. The van der Waals surface area contributed by atoms with Crippen LogP contribution in [0.15, 0.2) is 0 Å². The van der Waals surface area contributed by atoms with Gasteiger partial charge in [-0.05, 0) is 0 Å². The van der Waals surface area contributed by atoms with Gasteiger partial charge in [0.15, 0.2) is 0 Å². The molecule has 0 radical (unpaired) electrons. The lowest BCUT2D eigenvalue weighted by Crippen LogP contribution is -2.51. The van der Waals surface area contributed by atoms with E-state index in [1.165, 1.54) is 0 Å². The van der Waals surface area contributed by atoms with Crippen LogP contribution in [0.1, 0.15) is 0 Å². The summed E-state index contributed by atoms with van der Waals surface area (Å²) in [5, 5.41) is -5.84. The van der Waals surface area contributed by atoms with Crippen molar-refractivity contribution in [3.63, 3.8) is 0 Å². The maximum Gasteiger partial charge on any atom is 0.383 e. The number of hydrogen-bond donors (Lipinski definition) is 0. The predicted octanol–water partition coefficient (Wildman–Crippen LogP) is 3.45. The van der Waals surface area contributed by atoms with E-state index in [4.69, 9.17) is 0 Å². The molecule has 1 aliphatic rings. The van der Waals surface area contributed by atoms with Crippen LogP contribution in [-0.2, 0) is 0 Å². The molecule has 0 N–H and O–H groups in total. The van der Waals surface area contributed by atoms with Crippen molar-refractivity contribution in [2.75, 3.05) is 0 Å². The molecule has 0 aromatic carbocycles. The zero-order chi connectivity index (χ0) is 12.5. The molecule has 1 fully saturated rings. The van der Waals surface area contributed by atoms with Gasteiger partial charge in [-0.25, -0.2) is 4.39 Å². The Hall–Kier alpha value is -0.340. The average molecular weight is 266 g/mol. The molecule has 0 heterocycles. The Morgan fingerprint density at radius 1 is 0.467 bits per heavy atom. The van der Waals surface area contributed by atoms with E-state index in [2.05, 4.69) is 11.6 Å². The number of rotatable bonds is 0. The van der Waals surface area contributed by atoms with Gasteiger partial charge in [-0.3, -0.25) is 0 Å². The largest absolute Gasteiger partial charge is 0.383 e. The van der Waals surface area contributed by atoms with Crippen LogP contribution >= 0.6 is 11.6 Å². The third kappa shape index (κ3) is 0.931. The van der Waals surface area contributed by atoms with Gasteiger partial charge < -0.3 is 0 Å². The van der Waals surface area contributed by atoms with Gasteiger partial charge in [-0.15, -0.1) is 0 Å². The molecule has 0 aromatic rings. The number of hydrogen-bond acceptors (Lipinski definition) is 0. The summed E-state index contributed by atoms with van der Waals surface area (Å²) in [5.74, 6) is -25.9. The molecular weight excluding hydrogens is 266 g/mol. The third-order valence-electron chi connectivity index (χ3n) is 1.97. The Balaban J connectivity index is 3.55. The molecule has 0 unspecified atom stereocenters. The van der Waals surface area contributed by atoms with Crippen LogP contribution in [0, 0.1) is 0 Å². The van der Waals surface area contributed by atoms with E-state index in [0.29, 0.717) is 0 Å². The minimum atomic E-state index is -6.57. The quantitative estimate of drug-likeness (QED) is 0.465. The molecule has 0 amide bonds. The van der Waals surface area contributed by atoms with Crippen molar-refractivity contribution >= 4 is 11.6 Å². The van der Waals surface area contributed by atoms with Gasteiger partial charge in [0.25, 0.3) is 0 Å². The summed E-state index contributed by atoms with van der Waals surface area (Å²) >= 11 is 3.79. The van der Waals surface area contributed by atoms with Crippen molar-refractivity contribution in [1.82, 2.24) is 0 Å². The summed E-state index contributed by atoms with van der Waals surface area (Å²) in [6.45, 7) is 0. The van der Waals surface area contributed by atoms with E-state index in [1.807, 2.05) is 0 Å². The van der Waals surface area contributed by atoms with Gasteiger partial charge in [0.1, 0.15) is 0 Å². The monoisotopic (exact) mass is 266 g/mol. The maximum absolute atomic E-state index is 12.5. The van der Waals surface area contributed by atoms with Crippen molar-refractivity contribution in [3.05, 3.63) is 0 Å². The van der Waals surface area contributed by atoms with Crippen LogP contribution in [-0.4, -0.2) is 28.8 Å². The molecule has 15 heavy (non-hydrogen) atoms. The molecule has 0 bridgehead atoms. The molecular formula is C5ClF9. The first-order valence-corrected chi connectivity index (χ1v) is 3.52. The second-order valence-corrected chi connectivity index (χ2v) is 3.39. The minimum Gasteiger partial charge on any atom is -0.212 e. The number of alkyl halides is 10. The lowest BCUT2D eigenvalue weighted by Gasteiger charge is -2.23. The zero-order valence-corrected chi connectivity index (χ0v) is 7.04. The van der Waals surface area contributed by atoms with E-state index in [1.54, 1.807) is 0 Å². The second-order valence-electron chi connectivity index (χ2n) is 2.87. The second kappa shape index (κ2) is 2.49. The van der Waals surface area contributed by atoms with Crippen molar-refractivity contribution in [2.45, 2.75) is 28.8 Å². The van der Waals surface area contributed by atoms with Crippen LogP contribution in [0.2, 0.25) is 0 Å². The summed E-state index contributed by atoms with van der Waals surface area (Å²) in [4.78, 5) is 0.